The number of rotatable bonds is 6. The fraction of sp³-hybridized carbons (Fsp3) is 0.250. The first kappa shape index (κ1) is 17.4. The van der Waals surface area contributed by atoms with Crippen molar-refractivity contribution in [1.29, 1.82) is 0 Å². The number of aldehydes is 1. The zero-order chi connectivity index (χ0) is 16.8. The third-order valence-corrected chi connectivity index (χ3v) is 4.46. The van der Waals surface area contributed by atoms with Gasteiger partial charge < -0.3 is 0 Å². The molecule has 2 rings (SSSR count). The fourth-order valence-corrected chi connectivity index (χ4v) is 3.08. The van der Waals surface area contributed by atoms with Crippen molar-refractivity contribution in [2.24, 2.45) is 0 Å². The van der Waals surface area contributed by atoms with Crippen LogP contribution in [0.4, 0.5) is 0 Å². The van der Waals surface area contributed by atoms with E-state index in [1.807, 2.05) is 6.92 Å². The predicted molar refractivity (Wildman–Crippen MR) is 94.5 cm³/mol. The summed E-state index contributed by atoms with van der Waals surface area (Å²) in [7, 11) is 0. The Morgan fingerprint density at radius 2 is 1.96 bits per heavy atom. The molecule has 2 amide bonds. The van der Waals surface area contributed by atoms with E-state index in [-0.39, 0.29) is 11.8 Å². The van der Waals surface area contributed by atoms with Gasteiger partial charge in [0.05, 0.1) is 4.91 Å². The van der Waals surface area contributed by atoms with Gasteiger partial charge in [0.25, 0.3) is 5.91 Å². The van der Waals surface area contributed by atoms with Crippen molar-refractivity contribution in [3.8, 4) is 0 Å². The van der Waals surface area contributed by atoms with E-state index in [1.165, 1.54) is 0 Å². The van der Waals surface area contributed by atoms with Gasteiger partial charge in [0.15, 0.2) is 4.32 Å². The second-order valence-corrected chi connectivity index (χ2v) is 6.62. The smallest absolute Gasteiger partial charge is 0.285 e. The number of unbranched alkanes of at least 4 members (excludes halogenated alkanes) is 1. The maximum absolute atomic E-state index is 12.3. The Labute approximate surface area is 144 Å². The molecule has 1 aliphatic rings. The zero-order valence-electron chi connectivity index (χ0n) is 12.6. The Morgan fingerprint density at radius 3 is 2.57 bits per heavy atom. The van der Waals surface area contributed by atoms with Gasteiger partial charge in [-0.2, -0.15) is 5.01 Å². The first-order chi connectivity index (χ1) is 11.0. The van der Waals surface area contributed by atoms with Crippen molar-refractivity contribution in [2.75, 3.05) is 0 Å². The molecule has 1 fully saturated rings. The molecule has 120 valence electrons. The number of hydrogen-bond donors (Lipinski definition) is 1. The highest BCUT2D eigenvalue weighted by molar-refractivity contribution is 8.26. The highest BCUT2D eigenvalue weighted by Crippen LogP contribution is 2.31. The van der Waals surface area contributed by atoms with Crippen LogP contribution in [0.3, 0.4) is 0 Å². The Hall–Kier alpha value is -1.99. The lowest BCUT2D eigenvalue weighted by atomic mass is 10.1. The van der Waals surface area contributed by atoms with Crippen LogP contribution in [0.25, 0.3) is 6.08 Å². The molecule has 5 nitrogen and oxygen atoms in total. The third-order valence-electron chi connectivity index (χ3n) is 3.16. The second-order valence-electron chi connectivity index (χ2n) is 4.94. The number of hydrazine groups is 1. The van der Waals surface area contributed by atoms with E-state index in [9.17, 15) is 14.4 Å². The molecule has 0 atom stereocenters. The van der Waals surface area contributed by atoms with E-state index in [4.69, 9.17) is 12.2 Å². The molecule has 23 heavy (non-hydrogen) atoms. The molecular weight excluding hydrogens is 332 g/mol. The molecule has 0 spiro atoms. The monoisotopic (exact) mass is 348 g/mol. The number of benzene rings is 1. The summed E-state index contributed by atoms with van der Waals surface area (Å²) in [6, 6.07) is 6.84. The van der Waals surface area contributed by atoms with Crippen LogP contribution in [-0.4, -0.2) is 27.4 Å². The summed E-state index contributed by atoms with van der Waals surface area (Å²) >= 11 is 6.28. The van der Waals surface area contributed by atoms with Crippen LogP contribution in [0.1, 0.15) is 42.1 Å². The summed E-state index contributed by atoms with van der Waals surface area (Å²) < 4.78 is 0.301. The van der Waals surface area contributed by atoms with Crippen LogP contribution in [0.15, 0.2) is 29.2 Å². The molecule has 1 saturated heterocycles. The average molecular weight is 348 g/mol. The van der Waals surface area contributed by atoms with Crippen molar-refractivity contribution in [2.45, 2.75) is 26.2 Å². The van der Waals surface area contributed by atoms with Gasteiger partial charge in [-0.25, -0.2) is 0 Å². The van der Waals surface area contributed by atoms with Gasteiger partial charge in [-0.05, 0) is 30.3 Å². The molecule has 0 saturated carbocycles. The molecule has 1 aromatic carbocycles. The number of thioether (sulfide) groups is 1. The minimum Gasteiger partial charge on any atom is -0.298 e. The van der Waals surface area contributed by atoms with E-state index in [1.54, 1.807) is 30.3 Å². The molecule has 1 heterocycles. The Bertz CT molecular complexity index is 668. The summed E-state index contributed by atoms with van der Waals surface area (Å²) in [5, 5.41) is 1.11. The van der Waals surface area contributed by atoms with Gasteiger partial charge >= 0.3 is 0 Å². The zero-order valence-corrected chi connectivity index (χ0v) is 14.2. The van der Waals surface area contributed by atoms with Gasteiger partial charge in [0.1, 0.15) is 6.29 Å². The van der Waals surface area contributed by atoms with Crippen molar-refractivity contribution in [3.05, 3.63) is 40.3 Å². The Balaban J connectivity index is 2.08. The number of carbonyl (C=O) groups excluding carboxylic acids is 3. The van der Waals surface area contributed by atoms with Gasteiger partial charge in [-0.3, -0.25) is 19.8 Å². The largest absolute Gasteiger partial charge is 0.298 e. The normalized spacial score (nSPS) is 16.0. The van der Waals surface area contributed by atoms with E-state index in [2.05, 4.69) is 5.43 Å². The Morgan fingerprint density at radius 1 is 1.30 bits per heavy atom. The predicted octanol–water partition coefficient (Wildman–Crippen LogP) is 2.92. The number of nitrogens with one attached hydrogen (secondary N) is 1. The van der Waals surface area contributed by atoms with Crippen molar-refractivity contribution in [1.82, 2.24) is 10.4 Å². The minimum absolute atomic E-state index is 0.222. The number of amides is 2. The molecule has 0 aromatic heterocycles. The van der Waals surface area contributed by atoms with Gasteiger partial charge in [-0.1, -0.05) is 49.4 Å². The van der Waals surface area contributed by atoms with E-state index in [0.717, 1.165) is 41.5 Å². The summed E-state index contributed by atoms with van der Waals surface area (Å²) in [6.07, 6.45) is 4.48. The van der Waals surface area contributed by atoms with Gasteiger partial charge in [0.2, 0.25) is 5.91 Å². The first-order valence-corrected chi connectivity index (χ1v) is 8.40. The summed E-state index contributed by atoms with van der Waals surface area (Å²) in [6.45, 7) is 1.99. The fourth-order valence-electron chi connectivity index (χ4n) is 1.90. The summed E-state index contributed by atoms with van der Waals surface area (Å²) in [5.41, 5.74) is 3.90. The third kappa shape index (κ3) is 4.49. The van der Waals surface area contributed by atoms with Gasteiger partial charge in [-0.15, -0.1) is 0 Å². The van der Waals surface area contributed by atoms with Crippen LogP contribution in [-0.2, 0) is 9.59 Å². The summed E-state index contributed by atoms with van der Waals surface area (Å²) in [4.78, 5) is 35.2. The maximum atomic E-state index is 12.3. The van der Waals surface area contributed by atoms with Crippen LogP contribution in [0, 0.1) is 0 Å². The van der Waals surface area contributed by atoms with Crippen LogP contribution < -0.4 is 5.43 Å². The molecule has 1 aromatic rings. The van der Waals surface area contributed by atoms with E-state index < -0.39 is 0 Å². The van der Waals surface area contributed by atoms with E-state index in [0.29, 0.717) is 21.2 Å². The van der Waals surface area contributed by atoms with Crippen molar-refractivity contribution >= 4 is 52.5 Å². The molecule has 7 heteroatoms. The topological polar surface area (TPSA) is 66.5 Å². The van der Waals surface area contributed by atoms with E-state index >= 15 is 0 Å². The maximum Gasteiger partial charge on any atom is 0.285 e. The highest BCUT2D eigenvalue weighted by atomic mass is 32.2. The van der Waals surface area contributed by atoms with Gasteiger partial charge in [0, 0.05) is 12.0 Å². The summed E-state index contributed by atoms with van der Waals surface area (Å²) in [5.74, 6) is -0.566. The lowest BCUT2D eigenvalue weighted by molar-refractivity contribution is -0.133. The van der Waals surface area contributed by atoms with Crippen LogP contribution in [0.5, 0.6) is 0 Å². The minimum atomic E-state index is -0.343. The molecule has 0 unspecified atom stereocenters. The molecule has 1 N–H and O–H groups in total. The number of hydrogen-bond acceptors (Lipinski definition) is 5. The quantitative estimate of drug-likeness (QED) is 0.486. The number of thiocarbonyl (C=S) groups is 1. The number of carbonyl (C=O) groups is 3. The van der Waals surface area contributed by atoms with Crippen LogP contribution in [0.2, 0.25) is 0 Å². The Kier molecular flexibility index (Phi) is 6.06. The van der Waals surface area contributed by atoms with Crippen molar-refractivity contribution in [3.63, 3.8) is 0 Å². The SMILES string of the molecule is CCCCC(=O)NN1C(=O)C(=Cc2ccc(C=O)cc2)SC1=S. The lowest BCUT2D eigenvalue weighted by Crippen LogP contribution is -2.44. The standard InChI is InChI=1S/C16H16N2O3S2/c1-2-3-4-14(20)17-18-15(21)13(23-16(18)22)9-11-5-7-12(10-19)8-6-11/h5-10H,2-4H2,1H3,(H,17,20). The van der Waals surface area contributed by atoms with Crippen molar-refractivity contribution < 1.29 is 14.4 Å². The molecular formula is C16H16N2O3S2. The lowest BCUT2D eigenvalue weighted by Gasteiger charge is -2.15. The molecule has 0 bridgehead atoms. The average Bonchev–Trinajstić information content (AvgIpc) is 2.81. The number of nitrogens with zero attached hydrogens (tertiary/aromatic N) is 1. The highest BCUT2D eigenvalue weighted by Gasteiger charge is 2.33. The van der Waals surface area contributed by atoms with Crippen LogP contribution >= 0.6 is 24.0 Å². The molecule has 1 aliphatic heterocycles. The molecule has 0 radical (unpaired) electrons. The second kappa shape index (κ2) is 8.03. The molecule has 0 aliphatic carbocycles. The first-order valence-electron chi connectivity index (χ1n) is 7.18.